The molecule has 2 rings (SSSR count). The Labute approximate surface area is 124 Å². The molecule has 0 spiro atoms. The summed E-state index contributed by atoms with van der Waals surface area (Å²) in [6.45, 7) is 1.32. The highest BCUT2D eigenvalue weighted by Crippen LogP contribution is 2.35. The van der Waals surface area contributed by atoms with E-state index in [1.54, 1.807) is 11.9 Å². The molecular weight excluding hydrogens is 305 g/mol. The van der Waals surface area contributed by atoms with Crippen molar-refractivity contribution in [3.63, 3.8) is 0 Å². The Morgan fingerprint density at radius 1 is 1.48 bits per heavy atom. The van der Waals surface area contributed by atoms with Crippen molar-refractivity contribution in [3.8, 4) is 0 Å². The van der Waals surface area contributed by atoms with Crippen LogP contribution in [-0.2, 0) is 0 Å². The van der Waals surface area contributed by atoms with E-state index in [-0.39, 0.29) is 16.7 Å². The van der Waals surface area contributed by atoms with Crippen LogP contribution < -0.4 is 10.6 Å². The van der Waals surface area contributed by atoms with Gasteiger partial charge in [0.05, 0.1) is 0 Å². The molecule has 9 heteroatoms. The Balaban J connectivity index is 2.22. The minimum absolute atomic E-state index is 0.00637. The fourth-order valence-corrected chi connectivity index (χ4v) is 2.81. The third-order valence-electron chi connectivity index (χ3n) is 3.24. The molecule has 1 amide bonds. The Kier molecular flexibility index (Phi) is 4.31. The Bertz CT molecular complexity index is 527. The second-order valence-corrected chi connectivity index (χ2v) is 5.98. The van der Waals surface area contributed by atoms with Gasteiger partial charge in [0.1, 0.15) is 17.2 Å². The molecule has 1 fully saturated rings. The third-order valence-corrected chi connectivity index (χ3v) is 4.41. The number of aromatic nitrogens is 1. The van der Waals surface area contributed by atoms with Crippen molar-refractivity contribution in [2.75, 3.05) is 30.8 Å². The van der Waals surface area contributed by atoms with Crippen LogP contribution >= 0.6 is 11.3 Å². The molecule has 0 aliphatic heterocycles. The van der Waals surface area contributed by atoms with Gasteiger partial charge in [0, 0.05) is 19.6 Å². The van der Waals surface area contributed by atoms with Crippen molar-refractivity contribution in [1.29, 1.82) is 0 Å². The van der Waals surface area contributed by atoms with Crippen LogP contribution in [0, 0.1) is 0 Å². The van der Waals surface area contributed by atoms with Crippen LogP contribution in [0.5, 0.6) is 0 Å². The van der Waals surface area contributed by atoms with Gasteiger partial charge in [0.25, 0.3) is 5.91 Å². The van der Waals surface area contributed by atoms with Gasteiger partial charge < -0.3 is 15.5 Å². The number of halogens is 3. The zero-order chi connectivity index (χ0) is 15.8. The number of thiazole rings is 1. The second kappa shape index (κ2) is 5.70. The van der Waals surface area contributed by atoms with Crippen LogP contribution in [0.1, 0.15) is 29.4 Å². The predicted octanol–water partition coefficient (Wildman–Crippen LogP) is 2.35. The first-order chi connectivity index (χ1) is 9.73. The molecule has 0 atom stereocenters. The van der Waals surface area contributed by atoms with E-state index in [9.17, 15) is 18.0 Å². The van der Waals surface area contributed by atoms with Gasteiger partial charge in [-0.2, -0.15) is 13.2 Å². The van der Waals surface area contributed by atoms with Crippen LogP contribution in [0.2, 0.25) is 0 Å². The molecule has 1 heterocycles. The first-order valence-electron chi connectivity index (χ1n) is 6.58. The lowest BCUT2D eigenvalue weighted by Gasteiger charge is -2.23. The molecule has 1 aliphatic rings. The minimum Gasteiger partial charge on any atom is -0.382 e. The average Bonchev–Trinajstić information content (AvgIpc) is 3.16. The predicted molar refractivity (Wildman–Crippen MR) is 75.6 cm³/mol. The summed E-state index contributed by atoms with van der Waals surface area (Å²) < 4.78 is 37.8. The molecule has 0 bridgehead atoms. The van der Waals surface area contributed by atoms with Crippen molar-refractivity contribution in [2.45, 2.75) is 32.0 Å². The van der Waals surface area contributed by atoms with E-state index in [0.29, 0.717) is 24.5 Å². The number of anilines is 2. The summed E-state index contributed by atoms with van der Waals surface area (Å²) >= 11 is 1.03. The molecule has 0 saturated heterocycles. The van der Waals surface area contributed by atoms with Crippen molar-refractivity contribution in [3.05, 3.63) is 4.88 Å². The third kappa shape index (κ3) is 3.78. The summed E-state index contributed by atoms with van der Waals surface area (Å²) in [5.41, 5.74) is 5.70. The second-order valence-electron chi connectivity index (χ2n) is 5.00. The monoisotopic (exact) mass is 322 g/mol. The Hall–Kier alpha value is -1.51. The minimum atomic E-state index is -4.42. The van der Waals surface area contributed by atoms with E-state index >= 15 is 0 Å². The molecule has 1 aromatic rings. The first kappa shape index (κ1) is 15.9. The molecule has 1 aliphatic carbocycles. The lowest BCUT2D eigenvalue weighted by atomic mass is 10.3. The van der Waals surface area contributed by atoms with Crippen molar-refractivity contribution in [2.24, 2.45) is 0 Å². The maximum Gasteiger partial charge on any atom is 0.406 e. The molecule has 21 heavy (non-hydrogen) atoms. The van der Waals surface area contributed by atoms with Crippen LogP contribution in [0.3, 0.4) is 0 Å². The summed E-state index contributed by atoms with van der Waals surface area (Å²) in [6.07, 6.45) is -3.22. The number of carbonyl (C=O) groups excluding carboxylic acids is 1. The number of carbonyl (C=O) groups is 1. The van der Waals surface area contributed by atoms with Crippen molar-refractivity contribution >= 4 is 28.2 Å². The summed E-state index contributed by atoms with van der Waals surface area (Å²) in [7, 11) is 1.78. The smallest absolute Gasteiger partial charge is 0.382 e. The van der Waals surface area contributed by atoms with Gasteiger partial charge in [0.2, 0.25) is 0 Å². The van der Waals surface area contributed by atoms with Crippen molar-refractivity contribution in [1.82, 2.24) is 9.88 Å². The maximum absolute atomic E-state index is 12.6. The Morgan fingerprint density at radius 3 is 2.57 bits per heavy atom. The van der Waals surface area contributed by atoms with Gasteiger partial charge in [-0.3, -0.25) is 4.79 Å². The van der Waals surface area contributed by atoms with E-state index < -0.39 is 18.6 Å². The Morgan fingerprint density at radius 2 is 2.10 bits per heavy atom. The maximum atomic E-state index is 12.6. The number of nitrogens with zero attached hydrogens (tertiary/aromatic N) is 3. The average molecular weight is 322 g/mol. The van der Waals surface area contributed by atoms with Crippen LogP contribution in [0.15, 0.2) is 0 Å². The van der Waals surface area contributed by atoms with Gasteiger partial charge in [0.15, 0.2) is 5.13 Å². The standard InChI is InChI=1S/C12H17F3N4OS/c1-3-18(2)11-17-9(16)8(21-11)10(20)19(7-4-5-7)6-12(13,14)15/h7H,3-6,16H2,1-2H3. The molecule has 0 unspecified atom stereocenters. The fraction of sp³-hybridized carbons (Fsp3) is 0.667. The molecular formula is C12H17F3N4OS. The topological polar surface area (TPSA) is 62.5 Å². The number of nitrogens with two attached hydrogens (primary N) is 1. The van der Waals surface area contributed by atoms with Gasteiger partial charge in [-0.05, 0) is 19.8 Å². The molecule has 0 radical (unpaired) electrons. The SMILES string of the molecule is CCN(C)c1nc(N)c(C(=O)N(CC(F)(F)F)C2CC2)s1. The van der Waals surface area contributed by atoms with E-state index in [0.717, 1.165) is 16.2 Å². The zero-order valence-electron chi connectivity index (χ0n) is 11.8. The fourth-order valence-electron chi connectivity index (χ4n) is 1.85. The molecule has 5 nitrogen and oxygen atoms in total. The number of nitrogen functional groups attached to an aromatic ring is 1. The number of hydrogen-bond acceptors (Lipinski definition) is 5. The molecule has 0 aromatic carbocycles. The lowest BCUT2D eigenvalue weighted by molar-refractivity contribution is -0.141. The quantitative estimate of drug-likeness (QED) is 0.904. The van der Waals surface area contributed by atoms with E-state index in [1.165, 1.54) is 0 Å². The van der Waals surface area contributed by atoms with E-state index in [4.69, 9.17) is 5.73 Å². The number of rotatable bonds is 5. The highest BCUT2D eigenvalue weighted by molar-refractivity contribution is 7.18. The number of alkyl halides is 3. The largest absolute Gasteiger partial charge is 0.406 e. The van der Waals surface area contributed by atoms with Crippen LogP contribution in [0.4, 0.5) is 24.1 Å². The summed E-state index contributed by atoms with van der Waals surface area (Å²) in [6, 6.07) is -0.340. The molecule has 2 N–H and O–H groups in total. The van der Waals surface area contributed by atoms with Gasteiger partial charge in [-0.25, -0.2) is 4.98 Å². The highest BCUT2D eigenvalue weighted by Gasteiger charge is 2.42. The van der Waals surface area contributed by atoms with E-state index in [2.05, 4.69) is 4.98 Å². The van der Waals surface area contributed by atoms with E-state index in [1.807, 2.05) is 6.92 Å². The molecule has 118 valence electrons. The van der Waals surface area contributed by atoms with Gasteiger partial charge in [-0.1, -0.05) is 11.3 Å². The summed E-state index contributed by atoms with van der Waals surface area (Å²) in [4.78, 5) is 19.1. The summed E-state index contributed by atoms with van der Waals surface area (Å²) in [5, 5.41) is 0.529. The lowest BCUT2D eigenvalue weighted by Crippen LogP contribution is -2.40. The first-order valence-corrected chi connectivity index (χ1v) is 7.39. The molecule has 1 aromatic heterocycles. The zero-order valence-corrected chi connectivity index (χ0v) is 12.6. The van der Waals surface area contributed by atoms with Crippen molar-refractivity contribution < 1.29 is 18.0 Å². The summed E-state index contributed by atoms with van der Waals surface area (Å²) in [5.74, 6) is -0.686. The van der Waals surface area contributed by atoms with Gasteiger partial charge in [-0.15, -0.1) is 0 Å². The highest BCUT2D eigenvalue weighted by atomic mass is 32.1. The normalized spacial score (nSPS) is 15.1. The van der Waals surface area contributed by atoms with Crippen LogP contribution in [0.25, 0.3) is 0 Å². The van der Waals surface area contributed by atoms with Crippen LogP contribution in [-0.4, -0.2) is 48.1 Å². The number of amides is 1. The number of hydrogen-bond donors (Lipinski definition) is 1. The molecule has 1 saturated carbocycles. The van der Waals surface area contributed by atoms with Gasteiger partial charge >= 0.3 is 6.18 Å².